The maximum atomic E-state index is 11.4. The molecule has 110 valence electrons. The zero-order valence-electron chi connectivity index (χ0n) is 11.5. The van der Waals surface area contributed by atoms with Crippen LogP contribution >= 0.6 is 18.0 Å². The van der Waals surface area contributed by atoms with Gasteiger partial charge in [-0.1, -0.05) is 35.2 Å². The van der Waals surface area contributed by atoms with E-state index in [9.17, 15) is 4.79 Å². The lowest BCUT2D eigenvalue weighted by molar-refractivity contribution is 0.152. The summed E-state index contributed by atoms with van der Waals surface area (Å²) in [4.78, 5) is 16.1. The molecule has 0 aromatic heterocycles. The molecule has 1 unspecified atom stereocenters. The molecule has 5 nitrogen and oxygen atoms in total. The molecule has 0 aliphatic heterocycles. The third-order valence-corrected chi connectivity index (χ3v) is 4.71. The van der Waals surface area contributed by atoms with Crippen molar-refractivity contribution >= 4 is 41.0 Å². The van der Waals surface area contributed by atoms with Crippen molar-refractivity contribution in [2.45, 2.75) is 6.92 Å². The maximum absolute atomic E-state index is 11.4. The quantitative estimate of drug-likeness (QED) is 0.294. The number of amides is 1. The molecule has 0 fully saturated rings. The van der Waals surface area contributed by atoms with Gasteiger partial charge >= 0.3 is 6.09 Å². The standard InChI is InChI=1S/C12H17N2O3PS2/c1-10(20-3)14-16-12(15)13-9-18(2,19)17-11-7-5-4-6-8-11/h4-8H,9H2,1-3H3,(H,13,15). The third kappa shape index (κ3) is 6.93. The summed E-state index contributed by atoms with van der Waals surface area (Å²) in [6.07, 6.45) is -0.701. The fourth-order valence-corrected chi connectivity index (χ4v) is 2.73. The summed E-state index contributed by atoms with van der Waals surface area (Å²) in [5, 5.41) is 6.86. The highest BCUT2D eigenvalue weighted by Crippen LogP contribution is 2.42. The molecule has 0 aliphatic rings. The molecule has 1 amide bonds. The molecule has 1 atom stereocenters. The van der Waals surface area contributed by atoms with Crippen LogP contribution < -0.4 is 9.84 Å². The average molecular weight is 332 g/mol. The number of thioether (sulfide) groups is 1. The summed E-state index contributed by atoms with van der Waals surface area (Å²) in [6.45, 7) is 3.56. The van der Waals surface area contributed by atoms with Crippen molar-refractivity contribution in [3.05, 3.63) is 30.3 Å². The number of nitrogens with zero attached hydrogens (tertiary/aromatic N) is 1. The Hall–Kier alpha value is -1.04. The number of oxime groups is 1. The predicted molar refractivity (Wildman–Crippen MR) is 88.4 cm³/mol. The Morgan fingerprint density at radius 3 is 2.70 bits per heavy atom. The predicted octanol–water partition coefficient (Wildman–Crippen LogP) is 3.47. The van der Waals surface area contributed by atoms with Crippen molar-refractivity contribution in [1.82, 2.24) is 5.32 Å². The van der Waals surface area contributed by atoms with Crippen molar-refractivity contribution < 1.29 is 14.2 Å². The molecule has 0 spiro atoms. The van der Waals surface area contributed by atoms with Gasteiger partial charge in [-0.3, -0.25) is 4.84 Å². The molecule has 0 saturated heterocycles. The van der Waals surface area contributed by atoms with E-state index in [1.54, 1.807) is 6.92 Å². The first-order chi connectivity index (χ1) is 9.43. The molecule has 8 heteroatoms. The molecule has 1 rings (SSSR count). The smallest absolute Gasteiger partial charge is 0.433 e. The fourth-order valence-electron chi connectivity index (χ4n) is 1.12. The Bertz CT molecular complexity index is 523. The van der Waals surface area contributed by atoms with E-state index in [4.69, 9.17) is 16.3 Å². The van der Waals surface area contributed by atoms with Crippen molar-refractivity contribution in [3.8, 4) is 5.75 Å². The van der Waals surface area contributed by atoms with Crippen LogP contribution in [-0.4, -0.2) is 30.3 Å². The summed E-state index contributed by atoms with van der Waals surface area (Å²) in [7, 11) is 0. The highest BCUT2D eigenvalue weighted by Gasteiger charge is 2.14. The van der Waals surface area contributed by atoms with E-state index in [1.165, 1.54) is 11.8 Å². The largest absolute Gasteiger partial charge is 0.465 e. The minimum atomic E-state index is -2.15. The van der Waals surface area contributed by atoms with E-state index in [0.717, 1.165) is 0 Å². The molecular weight excluding hydrogens is 315 g/mol. The lowest BCUT2D eigenvalue weighted by atomic mass is 10.3. The van der Waals surface area contributed by atoms with Gasteiger partial charge in [0, 0.05) is 0 Å². The van der Waals surface area contributed by atoms with E-state index < -0.39 is 12.4 Å². The van der Waals surface area contributed by atoms with Gasteiger partial charge in [-0.25, -0.2) is 4.79 Å². The maximum Gasteiger partial charge on any atom is 0.433 e. The number of carbonyl (C=O) groups excluding carboxylic acids is 1. The number of hydrogen-bond donors (Lipinski definition) is 1. The van der Waals surface area contributed by atoms with Crippen LogP contribution in [0.25, 0.3) is 0 Å². The Labute approximate surface area is 128 Å². The summed E-state index contributed by atoms with van der Waals surface area (Å²) in [6, 6.07) is 9.29. The van der Waals surface area contributed by atoms with Gasteiger partial charge < -0.3 is 9.84 Å². The van der Waals surface area contributed by atoms with Gasteiger partial charge in [-0.15, -0.1) is 11.8 Å². The Kier molecular flexibility index (Phi) is 7.05. The number of carbonyl (C=O) groups is 1. The van der Waals surface area contributed by atoms with Crippen LogP contribution in [0.1, 0.15) is 6.92 Å². The van der Waals surface area contributed by atoms with Gasteiger partial charge in [-0.05, 0) is 32.0 Å². The second kappa shape index (κ2) is 8.29. The molecule has 0 aliphatic carbocycles. The van der Waals surface area contributed by atoms with E-state index in [0.29, 0.717) is 10.8 Å². The first kappa shape index (κ1) is 17.0. The first-order valence-corrected chi connectivity index (χ1v) is 10.4. The Morgan fingerprint density at radius 1 is 1.45 bits per heavy atom. The lowest BCUT2D eigenvalue weighted by Crippen LogP contribution is -2.25. The summed E-state index contributed by atoms with van der Waals surface area (Å²) in [5.74, 6) is 0.699. The van der Waals surface area contributed by atoms with Crippen molar-refractivity contribution in [2.24, 2.45) is 5.16 Å². The van der Waals surface area contributed by atoms with Crippen molar-refractivity contribution in [1.29, 1.82) is 0 Å². The highest BCUT2D eigenvalue weighted by molar-refractivity contribution is 8.13. The highest BCUT2D eigenvalue weighted by atomic mass is 32.4. The monoisotopic (exact) mass is 332 g/mol. The lowest BCUT2D eigenvalue weighted by Gasteiger charge is -2.18. The van der Waals surface area contributed by atoms with Gasteiger partial charge in [0.1, 0.15) is 17.1 Å². The fraction of sp³-hybridized carbons (Fsp3) is 0.333. The molecule has 0 radical (unpaired) electrons. The van der Waals surface area contributed by atoms with Crippen LogP contribution in [0, 0.1) is 0 Å². The van der Waals surface area contributed by atoms with Crippen LogP contribution in [0.3, 0.4) is 0 Å². The molecule has 1 aromatic rings. The van der Waals surface area contributed by atoms with Crippen LogP contribution in [0.4, 0.5) is 4.79 Å². The van der Waals surface area contributed by atoms with Crippen LogP contribution in [-0.2, 0) is 16.6 Å². The first-order valence-electron chi connectivity index (χ1n) is 5.77. The zero-order valence-corrected chi connectivity index (χ0v) is 14.1. The minimum absolute atomic E-state index is 0.240. The average Bonchev–Trinajstić information content (AvgIpc) is 2.43. The third-order valence-electron chi connectivity index (χ3n) is 2.10. The molecule has 1 aromatic carbocycles. The molecule has 0 saturated carbocycles. The second-order valence-electron chi connectivity index (χ2n) is 3.95. The van der Waals surface area contributed by atoms with Crippen LogP contribution in [0.15, 0.2) is 35.5 Å². The number of benzene rings is 1. The molecular formula is C12H17N2O3PS2. The van der Waals surface area contributed by atoms with Gasteiger partial charge in [0.25, 0.3) is 0 Å². The van der Waals surface area contributed by atoms with Crippen LogP contribution in [0.5, 0.6) is 5.75 Å². The van der Waals surface area contributed by atoms with Gasteiger partial charge in [0.15, 0.2) is 0 Å². The van der Waals surface area contributed by atoms with E-state index in [1.807, 2.05) is 43.3 Å². The minimum Gasteiger partial charge on any atom is -0.465 e. The van der Waals surface area contributed by atoms with Gasteiger partial charge in [0.2, 0.25) is 0 Å². The van der Waals surface area contributed by atoms with Crippen molar-refractivity contribution in [2.75, 3.05) is 19.2 Å². The van der Waals surface area contributed by atoms with Gasteiger partial charge in [0.05, 0.1) is 6.29 Å². The number of hydrogen-bond acceptors (Lipinski definition) is 6. The SMILES string of the molecule is CSC(C)=NOC(=O)NCP(C)(=S)Oc1ccccc1. The normalized spacial score (nSPS) is 14.2. The number of rotatable bonds is 5. The van der Waals surface area contributed by atoms with Crippen molar-refractivity contribution in [3.63, 3.8) is 0 Å². The molecule has 1 N–H and O–H groups in total. The summed E-state index contributed by atoms with van der Waals surface area (Å²) < 4.78 is 5.71. The molecule has 20 heavy (non-hydrogen) atoms. The van der Waals surface area contributed by atoms with Gasteiger partial charge in [-0.2, -0.15) is 0 Å². The molecule has 0 heterocycles. The second-order valence-corrected chi connectivity index (χ2v) is 9.79. The zero-order chi connectivity index (χ0) is 15.0. The van der Waals surface area contributed by atoms with E-state index >= 15 is 0 Å². The summed E-state index contributed by atoms with van der Waals surface area (Å²) >= 11 is 6.78. The number of nitrogens with one attached hydrogen (secondary N) is 1. The van der Waals surface area contributed by atoms with E-state index in [-0.39, 0.29) is 6.29 Å². The Balaban J connectivity index is 2.43. The number of para-hydroxylation sites is 1. The van der Waals surface area contributed by atoms with E-state index in [2.05, 4.69) is 15.3 Å². The summed E-state index contributed by atoms with van der Waals surface area (Å²) in [5.41, 5.74) is 0. The van der Waals surface area contributed by atoms with Crippen LogP contribution in [0.2, 0.25) is 0 Å². The topological polar surface area (TPSA) is 59.9 Å². The Morgan fingerprint density at radius 2 is 2.10 bits per heavy atom. The molecule has 0 bridgehead atoms.